The molecule has 3 heteroatoms. The van der Waals surface area contributed by atoms with E-state index in [4.69, 9.17) is 4.74 Å². The van der Waals surface area contributed by atoms with Gasteiger partial charge in [-0.1, -0.05) is 12.1 Å². The van der Waals surface area contributed by atoms with Gasteiger partial charge in [0.05, 0.1) is 11.8 Å². The Bertz CT molecular complexity index is 492. The van der Waals surface area contributed by atoms with Gasteiger partial charge < -0.3 is 9.84 Å². The third kappa shape index (κ3) is 2.82. The SMILES string of the molecule is Cc1ncccc1Oc1ccc(C(C)O)cc1. The molecular formula is C14H15NO2. The average molecular weight is 229 g/mol. The molecule has 0 aliphatic carbocycles. The van der Waals surface area contributed by atoms with Crippen molar-refractivity contribution < 1.29 is 9.84 Å². The number of aryl methyl sites for hydroxylation is 1. The Labute approximate surface area is 101 Å². The van der Waals surface area contributed by atoms with Gasteiger partial charge in [-0.05, 0) is 43.7 Å². The van der Waals surface area contributed by atoms with Crippen LogP contribution in [0.1, 0.15) is 24.3 Å². The van der Waals surface area contributed by atoms with E-state index in [9.17, 15) is 5.11 Å². The molecule has 0 aliphatic heterocycles. The molecule has 0 bridgehead atoms. The van der Waals surface area contributed by atoms with E-state index >= 15 is 0 Å². The minimum Gasteiger partial charge on any atom is -0.455 e. The summed E-state index contributed by atoms with van der Waals surface area (Å²) in [5.41, 5.74) is 1.73. The maximum atomic E-state index is 9.40. The fourth-order valence-corrected chi connectivity index (χ4v) is 1.52. The molecule has 1 unspecified atom stereocenters. The van der Waals surface area contributed by atoms with Crippen LogP contribution < -0.4 is 4.74 Å². The van der Waals surface area contributed by atoms with Crippen molar-refractivity contribution in [2.24, 2.45) is 0 Å². The number of rotatable bonds is 3. The van der Waals surface area contributed by atoms with Crippen LogP contribution in [0.5, 0.6) is 11.5 Å². The minimum atomic E-state index is -0.454. The third-order valence-corrected chi connectivity index (χ3v) is 2.55. The number of aliphatic hydroxyl groups is 1. The second kappa shape index (κ2) is 4.97. The fraction of sp³-hybridized carbons (Fsp3) is 0.214. The molecule has 3 nitrogen and oxygen atoms in total. The minimum absolute atomic E-state index is 0.454. The number of benzene rings is 1. The molecular weight excluding hydrogens is 214 g/mol. The van der Waals surface area contributed by atoms with Gasteiger partial charge in [-0.3, -0.25) is 4.98 Å². The average Bonchev–Trinajstić information content (AvgIpc) is 2.33. The lowest BCUT2D eigenvalue weighted by molar-refractivity contribution is 0.199. The smallest absolute Gasteiger partial charge is 0.148 e. The summed E-state index contributed by atoms with van der Waals surface area (Å²) in [6, 6.07) is 11.1. The number of nitrogens with zero attached hydrogens (tertiary/aromatic N) is 1. The molecule has 0 spiro atoms. The first-order chi connectivity index (χ1) is 8.16. The van der Waals surface area contributed by atoms with Crippen LogP contribution in [0.4, 0.5) is 0 Å². The number of aromatic nitrogens is 1. The van der Waals surface area contributed by atoms with Crippen LogP contribution in [0.25, 0.3) is 0 Å². The first-order valence-corrected chi connectivity index (χ1v) is 5.54. The molecule has 0 amide bonds. The molecule has 0 radical (unpaired) electrons. The van der Waals surface area contributed by atoms with Crippen molar-refractivity contribution in [3.05, 3.63) is 53.9 Å². The predicted molar refractivity (Wildman–Crippen MR) is 66.1 cm³/mol. The fourth-order valence-electron chi connectivity index (χ4n) is 1.52. The van der Waals surface area contributed by atoms with E-state index in [-0.39, 0.29) is 0 Å². The van der Waals surface area contributed by atoms with Crippen molar-refractivity contribution in [3.8, 4) is 11.5 Å². The van der Waals surface area contributed by atoms with Crippen molar-refractivity contribution in [1.29, 1.82) is 0 Å². The number of hydrogen-bond acceptors (Lipinski definition) is 3. The maximum Gasteiger partial charge on any atom is 0.148 e. The summed E-state index contributed by atoms with van der Waals surface area (Å²) in [4.78, 5) is 4.16. The molecule has 0 aliphatic rings. The molecule has 1 N–H and O–H groups in total. The highest BCUT2D eigenvalue weighted by molar-refractivity contribution is 5.35. The van der Waals surface area contributed by atoms with E-state index in [2.05, 4.69) is 4.98 Å². The highest BCUT2D eigenvalue weighted by Gasteiger charge is 2.03. The Morgan fingerprint density at radius 2 is 1.88 bits per heavy atom. The summed E-state index contributed by atoms with van der Waals surface area (Å²) in [6.07, 6.45) is 1.28. The Balaban J connectivity index is 2.17. The quantitative estimate of drug-likeness (QED) is 0.878. The van der Waals surface area contributed by atoms with Gasteiger partial charge in [-0.25, -0.2) is 0 Å². The predicted octanol–water partition coefficient (Wildman–Crippen LogP) is 3.24. The Kier molecular flexibility index (Phi) is 3.40. The number of hydrogen-bond donors (Lipinski definition) is 1. The van der Waals surface area contributed by atoms with E-state index < -0.39 is 6.10 Å². The lowest BCUT2D eigenvalue weighted by Gasteiger charge is -2.09. The van der Waals surface area contributed by atoms with Gasteiger partial charge in [0.1, 0.15) is 11.5 Å². The van der Waals surface area contributed by atoms with Crippen molar-refractivity contribution in [2.45, 2.75) is 20.0 Å². The highest BCUT2D eigenvalue weighted by Crippen LogP contribution is 2.24. The van der Waals surface area contributed by atoms with Crippen molar-refractivity contribution in [3.63, 3.8) is 0 Å². The summed E-state index contributed by atoms with van der Waals surface area (Å²) in [6.45, 7) is 3.64. The van der Waals surface area contributed by atoms with Crippen LogP contribution in [0.2, 0.25) is 0 Å². The lowest BCUT2D eigenvalue weighted by atomic mass is 10.1. The Morgan fingerprint density at radius 1 is 1.18 bits per heavy atom. The van der Waals surface area contributed by atoms with Crippen LogP contribution in [0, 0.1) is 6.92 Å². The second-order valence-corrected chi connectivity index (χ2v) is 3.93. The molecule has 2 aromatic rings. The van der Waals surface area contributed by atoms with Crippen LogP contribution >= 0.6 is 0 Å². The van der Waals surface area contributed by atoms with Gasteiger partial charge in [0, 0.05) is 6.20 Å². The van der Waals surface area contributed by atoms with Gasteiger partial charge in [0.2, 0.25) is 0 Å². The molecule has 1 heterocycles. The summed E-state index contributed by atoms with van der Waals surface area (Å²) in [7, 11) is 0. The zero-order valence-electron chi connectivity index (χ0n) is 9.92. The molecule has 88 valence electrons. The van der Waals surface area contributed by atoms with Crippen LogP contribution in [-0.2, 0) is 0 Å². The summed E-state index contributed by atoms with van der Waals surface area (Å²) in [5, 5.41) is 9.40. The first-order valence-electron chi connectivity index (χ1n) is 5.54. The first kappa shape index (κ1) is 11.6. The van der Waals surface area contributed by atoms with E-state index in [1.807, 2.05) is 43.3 Å². The maximum absolute atomic E-state index is 9.40. The second-order valence-electron chi connectivity index (χ2n) is 3.93. The molecule has 2 rings (SSSR count). The molecule has 1 aromatic heterocycles. The van der Waals surface area contributed by atoms with Gasteiger partial charge in [-0.2, -0.15) is 0 Å². The Hall–Kier alpha value is -1.87. The Morgan fingerprint density at radius 3 is 2.47 bits per heavy atom. The van der Waals surface area contributed by atoms with Crippen molar-refractivity contribution >= 4 is 0 Å². The molecule has 17 heavy (non-hydrogen) atoms. The highest BCUT2D eigenvalue weighted by atomic mass is 16.5. The number of aliphatic hydroxyl groups excluding tert-OH is 1. The van der Waals surface area contributed by atoms with Crippen molar-refractivity contribution in [1.82, 2.24) is 4.98 Å². The zero-order chi connectivity index (χ0) is 12.3. The van der Waals surface area contributed by atoms with Gasteiger partial charge in [0.25, 0.3) is 0 Å². The summed E-state index contributed by atoms with van der Waals surface area (Å²) in [5.74, 6) is 1.49. The number of pyridine rings is 1. The summed E-state index contributed by atoms with van der Waals surface area (Å²) >= 11 is 0. The van der Waals surface area contributed by atoms with E-state index in [1.165, 1.54) is 0 Å². The van der Waals surface area contributed by atoms with Crippen molar-refractivity contribution in [2.75, 3.05) is 0 Å². The monoisotopic (exact) mass is 229 g/mol. The molecule has 0 saturated heterocycles. The topological polar surface area (TPSA) is 42.4 Å². The lowest BCUT2D eigenvalue weighted by Crippen LogP contribution is -1.92. The zero-order valence-corrected chi connectivity index (χ0v) is 9.92. The summed E-state index contributed by atoms with van der Waals surface area (Å²) < 4.78 is 5.70. The van der Waals surface area contributed by atoms with Crippen LogP contribution in [0.3, 0.4) is 0 Å². The molecule has 0 fully saturated rings. The largest absolute Gasteiger partial charge is 0.455 e. The van der Waals surface area contributed by atoms with E-state index in [0.29, 0.717) is 0 Å². The van der Waals surface area contributed by atoms with Crippen LogP contribution in [0.15, 0.2) is 42.6 Å². The molecule has 0 saturated carbocycles. The third-order valence-electron chi connectivity index (χ3n) is 2.55. The standard InChI is InChI=1S/C14H15NO2/c1-10-14(4-3-9-15-10)17-13-7-5-12(6-8-13)11(2)16/h3-9,11,16H,1-2H3. The van der Waals surface area contributed by atoms with Gasteiger partial charge in [-0.15, -0.1) is 0 Å². The normalized spacial score (nSPS) is 12.2. The number of ether oxygens (including phenoxy) is 1. The van der Waals surface area contributed by atoms with Gasteiger partial charge in [0.15, 0.2) is 0 Å². The van der Waals surface area contributed by atoms with Gasteiger partial charge >= 0.3 is 0 Å². The van der Waals surface area contributed by atoms with Crippen LogP contribution in [-0.4, -0.2) is 10.1 Å². The molecule has 1 aromatic carbocycles. The van der Waals surface area contributed by atoms with E-state index in [1.54, 1.807) is 13.1 Å². The van der Waals surface area contributed by atoms with E-state index in [0.717, 1.165) is 22.8 Å². The molecule has 1 atom stereocenters.